The number of amides is 3. The number of imide groups is 1. The lowest BCUT2D eigenvalue weighted by atomic mass is 10.0. The number of carbonyl (C=O) groups excluding carboxylic acids is 2. The van der Waals surface area contributed by atoms with E-state index in [2.05, 4.69) is 0 Å². The van der Waals surface area contributed by atoms with Crippen LogP contribution in [-0.4, -0.2) is 22.4 Å². The van der Waals surface area contributed by atoms with E-state index in [9.17, 15) is 27.2 Å². The first kappa shape index (κ1) is 20.9. The number of hydrogen-bond acceptors (Lipinski definition) is 3. The van der Waals surface area contributed by atoms with E-state index in [1.165, 1.54) is 24.8 Å². The lowest BCUT2D eigenvalue weighted by Gasteiger charge is -2.28. The average Bonchev–Trinajstić information content (AvgIpc) is 2.76. The van der Waals surface area contributed by atoms with Crippen molar-refractivity contribution in [2.75, 3.05) is 10.6 Å². The third-order valence-corrected chi connectivity index (χ3v) is 5.01. The minimum atomic E-state index is -4.97. The number of hydrogen-bond donors (Lipinski definition) is 1. The van der Waals surface area contributed by atoms with Gasteiger partial charge in [-0.2, -0.15) is 13.2 Å². The van der Waals surface area contributed by atoms with Crippen LogP contribution in [0.5, 0.6) is 0 Å². The maximum absolute atomic E-state index is 13.6. The van der Waals surface area contributed by atoms with E-state index in [-0.39, 0.29) is 12.2 Å². The van der Waals surface area contributed by atoms with E-state index >= 15 is 0 Å². The molecule has 0 unspecified atom stereocenters. The number of nitrogen functional groups attached to an aromatic ring is 1. The van der Waals surface area contributed by atoms with Crippen LogP contribution in [-0.2, 0) is 17.5 Å². The second-order valence-electron chi connectivity index (χ2n) is 7.07. The van der Waals surface area contributed by atoms with Gasteiger partial charge in [-0.05, 0) is 49.7 Å². The molecule has 2 aromatic rings. The number of benzene rings is 2. The Morgan fingerprint density at radius 3 is 2.34 bits per heavy atom. The Balaban J connectivity index is 2.01. The molecular formula is C19H16ClF4N3O2. The molecule has 0 spiro atoms. The molecule has 0 radical (unpaired) electrons. The first-order valence-electron chi connectivity index (χ1n) is 8.41. The van der Waals surface area contributed by atoms with Gasteiger partial charge in [0.1, 0.15) is 11.4 Å². The topological polar surface area (TPSA) is 66.6 Å². The standard InChI is InChI=1S/C19H16ClF4N3O2/c1-18(2)16(28)27(12-5-6-14(21)13(8-12)19(22,23)24)17(29)26(18)9-10-3-4-11(20)7-15(10)25/h3-8H,9,25H2,1-2H3. The van der Waals surface area contributed by atoms with Gasteiger partial charge >= 0.3 is 12.2 Å². The van der Waals surface area contributed by atoms with Crippen molar-refractivity contribution >= 4 is 34.9 Å². The van der Waals surface area contributed by atoms with Gasteiger partial charge in [-0.15, -0.1) is 0 Å². The average molecular weight is 430 g/mol. The predicted molar refractivity (Wildman–Crippen MR) is 99.8 cm³/mol. The lowest BCUT2D eigenvalue weighted by molar-refractivity contribution is -0.140. The van der Waals surface area contributed by atoms with Crippen LogP contribution >= 0.6 is 11.6 Å². The van der Waals surface area contributed by atoms with Crippen LogP contribution < -0.4 is 10.6 Å². The zero-order chi connectivity index (χ0) is 21.7. The van der Waals surface area contributed by atoms with E-state index in [0.717, 1.165) is 6.07 Å². The highest BCUT2D eigenvalue weighted by Crippen LogP contribution is 2.38. The van der Waals surface area contributed by atoms with E-state index in [1.54, 1.807) is 12.1 Å². The minimum Gasteiger partial charge on any atom is -0.398 e. The highest BCUT2D eigenvalue weighted by molar-refractivity contribution is 6.30. The molecule has 0 aromatic heterocycles. The van der Waals surface area contributed by atoms with Gasteiger partial charge in [0.25, 0.3) is 5.91 Å². The van der Waals surface area contributed by atoms with Crippen LogP contribution in [0.2, 0.25) is 5.02 Å². The van der Waals surface area contributed by atoms with Crippen molar-refractivity contribution in [3.63, 3.8) is 0 Å². The maximum Gasteiger partial charge on any atom is 0.419 e. The van der Waals surface area contributed by atoms with Crippen molar-refractivity contribution in [2.45, 2.75) is 32.1 Å². The lowest BCUT2D eigenvalue weighted by Crippen LogP contribution is -2.43. The fourth-order valence-electron chi connectivity index (χ4n) is 3.08. The Morgan fingerprint density at radius 2 is 1.76 bits per heavy atom. The van der Waals surface area contributed by atoms with Gasteiger partial charge in [-0.25, -0.2) is 14.1 Å². The van der Waals surface area contributed by atoms with Crippen molar-refractivity contribution in [3.8, 4) is 0 Å². The fraction of sp³-hybridized carbons (Fsp3) is 0.263. The van der Waals surface area contributed by atoms with E-state index in [0.29, 0.717) is 33.3 Å². The molecule has 5 nitrogen and oxygen atoms in total. The van der Waals surface area contributed by atoms with Crippen molar-refractivity contribution in [1.82, 2.24) is 4.90 Å². The van der Waals surface area contributed by atoms with Gasteiger partial charge in [0, 0.05) is 10.7 Å². The summed E-state index contributed by atoms with van der Waals surface area (Å²) in [6.07, 6.45) is -4.97. The number of nitrogens with two attached hydrogens (primary N) is 1. The zero-order valence-corrected chi connectivity index (χ0v) is 16.1. The second-order valence-corrected chi connectivity index (χ2v) is 7.51. The summed E-state index contributed by atoms with van der Waals surface area (Å²) in [6, 6.07) is 5.78. The van der Waals surface area contributed by atoms with Crippen LogP contribution in [0.1, 0.15) is 25.0 Å². The summed E-state index contributed by atoms with van der Waals surface area (Å²) in [7, 11) is 0. The summed E-state index contributed by atoms with van der Waals surface area (Å²) in [5.74, 6) is -2.24. The van der Waals surface area contributed by atoms with Crippen LogP contribution in [0.3, 0.4) is 0 Å². The summed E-state index contributed by atoms with van der Waals surface area (Å²) in [6.45, 7) is 2.87. The van der Waals surface area contributed by atoms with Crippen molar-refractivity contribution in [1.29, 1.82) is 0 Å². The number of urea groups is 1. The third-order valence-electron chi connectivity index (χ3n) is 4.77. The summed E-state index contributed by atoms with van der Waals surface area (Å²) in [5, 5.41) is 0.391. The molecule has 1 fully saturated rings. The van der Waals surface area contributed by atoms with Crippen LogP contribution in [0.15, 0.2) is 36.4 Å². The number of alkyl halides is 3. The normalized spacial score (nSPS) is 16.7. The summed E-state index contributed by atoms with van der Waals surface area (Å²) >= 11 is 5.86. The quantitative estimate of drug-likeness (QED) is 0.432. The zero-order valence-electron chi connectivity index (χ0n) is 15.3. The monoisotopic (exact) mass is 429 g/mol. The van der Waals surface area contributed by atoms with Crippen molar-refractivity contribution in [3.05, 3.63) is 58.4 Å². The predicted octanol–water partition coefficient (Wildman–Crippen LogP) is 4.83. The second kappa shape index (κ2) is 6.91. The molecule has 154 valence electrons. The van der Waals surface area contributed by atoms with Crippen molar-refractivity contribution < 1.29 is 27.2 Å². The Morgan fingerprint density at radius 1 is 1.10 bits per heavy atom. The van der Waals surface area contributed by atoms with Crippen LogP contribution in [0, 0.1) is 5.82 Å². The molecule has 2 N–H and O–H groups in total. The molecule has 1 heterocycles. The van der Waals surface area contributed by atoms with Gasteiger partial charge in [0.2, 0.25) is 0 Å². The molecule has 29 heavy (non-hydrogen) atoms. The molecule has 1 saturated heterocycles. The van der Waals surface area contributed by atoms with E-state index < -0.39 is 35.0 Å². The smallest absolute Gasteiger partial charge is 0.398 e. The van der Waals surface area contributed by atoms with Gasteiger partial charge in [0.05, 0.1) is 17.8 Å². The molecule has 3 amide bonds. The molecule has 0 bridgehead atoms. The molecule has 3 rings (SSSR count). The Bertz CT molecular complexity index is 1010. The number of carbonyl (C=O) groups is 2. The first-order chi connectivity index (χ1) is 13.3. The van der Waals surface area contributed by atoms with Gasteiger partial charge in [-0.1, -0.05) is 17.7 Å². The van der Waals surface area contributed by atoms with Crippen molar-refractivity contribution in [2.24, 2.45) is 0 Å². The summed E-state index contributed by atoms with van der Waals surface area (Å²) in [5.41, 5.74) is 3.43. The number of rotatable bonds is 3. The number of anilines is 2. The SMILES string of the molecule is CC1(C)C(=O)N(c2ccc(F)c(C(F)(F)F)c2)C(=O)N1Cc1ccc(Cl)cc1N. The summed E-state index contributed by atoms with van der Waals surface area (Å²) < 4.78 is 52.7. The first-order valence-corrected chi connectivity index (χ1v) is 8.78. The molecule has 0 aliphatic carbocycles. The highest BCUT2D eigenvalue weighted by atomic mass is 35.5. The Kier molecular flexibility index (Phi) is 4.98. The molecule has 1 aliphatic rings. The molecule has 0 saturated carbocycles. The highest BCUT2D eigenvalue weighted by Gasteiger charge is 2.52. The molecule has 2 aromatic carbocycles. The third kappa shape index (κ3) is 3.62. The molecular weight excluding hydrogens is 414 g/mol. The van der Waals surface area contributed by atoms with Gasteiger partial charge in [-0.3, -0.25) is 4.79 Å². The fourth-order valence-corrected chi connectivity index (χ4v) is 3.26. The largest absolute Gasteiger partial charge is 0.419 e. The van der Waals surface area contributed by atoms with Crippen LogP contribution in [0.4, 0.5) is 33.7 Å². The maximum atomic E-state index is 13.6. The number of nitrogens with zero attached hydrogens (tertiary/aromatic N) is 2. The Hall–Kier alpha value is -2.81. The Labute approximate surface area is 168 Å². The number of halogens is 5. The van der Waals surface area contributed by atoms with Crippen LogP contribution in [0.25, 0.3) is 0 Å². The molecule has 0 atom stereocenters. The summed E-state index contributed by atoms with van der Waals surface area (Å²) in [4.78, 5) is 27.6. The van der Waals surface area contributed by atoms with E-state index in [4.69, 9.17) is 17.3 Å². The van der Waals surface area contributed by atoms with E-state index in [1.807, 2.05) is 0 Å². The van der Waals surface area contributed by atoms with Gasteiger partial charge < -0.3 is 10.6 Å². The molecule has 10 heteroatoms. The minimum absolute atomic E-state index is 0.0651. The molecule has 1 aliphatic heterocycles. The van der Waals surface area contributed by atoms with Gasteiger partial charge in [0.15, 0.2) is 0 Å².